The normalized spacial score (nSPS) is 11.8. The van der Waals surface area contributed by atoms with Crippen LogP contribution in [0.2, 0.25) is 0 Å². The summed E-state index contributed by atoms with van der Waals surface area (Å²) in [5.41, 5.74) is 5.76. The molecule has 0 aliphatic rings. The lowest BCUT2D eigenvalue weighted by Crippen LogP contribution is -1.83. The molecule has 0 aromatic carbocycles. The van der Waals surface area contributed by atoms with E-state index in [-0.39, 0.29) is 0 Å². The molecule has 0 atom stereocenters. The molecule has 0 fully saturated rings. The lowest BCUT2D eigenvalue weighted by atomic mass is 10.1. The zero-order valence-electron chi connectivity index (χ0n) is 13.2. The van der Waals surface area contributed by atoms with Crippen molar-refractivity contribution in [2.45, 2.75) is 0 Å². The zero-order valence-corrected chi connectivity index (χ0v) is 13.2. The van der Waals surface area contributed by atoms with E-state index in [1.54, 1.807) is 18.6 Å². The fourth-order valence-corrected chi connectivity index (χ4v) is 3.20. The smallest absolute Gasteiger partial charge is 0.229 e. The molecule has 6 aromatic heterocycles. The molecule has 6 heterocycles. The third-order valence-corrected chi connectivity index (χ3v) is 4.41. The SMILES string of the molecule is c1cnc2oc3cc(-c4cnc5oc6cncnc6c5c4)cnc3c2c1. The molecule has 0 aliphatic heterocycles. The molecule has 0 N–H and O–H groups in total. The average Bonchev–Trinajstić information content (AvgIpc) is 3.25. The topological polar surface area (TPSA) is 90.7 Å². The van der Waals surface area contributed by atoms with Crippen molar-refractivity contribution in [3.63, 3.8) is 0 Å². The second-order valence-corrected chi connectivity index (χ2v) is 5.94. The molecule has 122 valence electrons. The number of aromatic nitrogens is 5. The lowest BCUT2D eigenvalue weighted by Gasteiger charge is -2.00. The van der Waals surface area contributed by atoms with Crippen molar-refractivity contribution < 1.29 is 8.83 Å². The summed E-state index contributed by atoms with van der Waals surface area (Å²) in [7, 11) is 0. The van der Waals surface area contributed by atoms with Crippen LogP contribution in [-0.4, -0.2) is 24.9 Å². The maximum Gasteiger partial charge on any atom is 0.229 e. The van der Waals surface area contributed by atoms with Gasteiger partial charge in [0.15, 0.2) is 11.2 Å². The maximum absolute atomic E-state index is 5.82. The largest absolute Gasteiger partial charge is 0.436 e. The molecule has 0 aliphatic carbocycles. The molecule has 0 unspecified atom stereocenters. The first kappa shape index (κ1) is 13.4. The molecule has 6 rings (SSSR count). The van der Waals surface area contributed by atoms with E-state index in [9.17, 15) is 0 Å². The summed E-state index contributed by atoms with van der Waals surface area (Å²) in [5, 5.41) is 1.74. The van der Waals surface area contributed by atoms with Crippen LogP contribution in [0.25, 0.3) is 55.5 Å². The molecule has 0 bridgehead atoms. The summed E-state index contributed by atoms with van der Waals surface area (Å²) in [6.45, 7) is 0. The first-order chi connectivity index (χ1) is 12.9. The molecule has 26 heavy (non-hydrogen) atoms. The van der Waals surface area contributed by atoms with Gasteiger partial charge in [-0.2, -0.15) is 0 Å². The summed E-state index contributed by atoms with van der Waals surface area (Å²) >= 11 is 0. The van der Waals surface area contributed by atoms with E-state index in [0.29, 0.717) is 22.6 Å². The fourth-order valence-electron chi connectivity index (χ4n) is 3.20. The summed E-state index contributed by atoms with van der Waals surface area (Å²) in [6.07, 6.45) is 8.40. The Bertz CT molecular complexity index is 1450. The molecule has 7 nitrogen and oxygen atoms in total. The molecule has 7 heteroatoms. The number of hydrogen-bond donors (Lipinski definition) is 0. The van der Waals surface area contributed by atoms with Gasteiger partial charge >= 0.3 is 0 Å². The third-order valence-electron chi connectivity index (χ3n) is 4.41. The van der Waals surface area contributed by atoms with Crippen LogP contribution in [0, 0.1) is 0 Å². The summed E-state index contributed by atoms with van der Waals surface area (Å²) in [5.74, 6) is 0. The molecule has 0 amide bonds. The highest BCUT2D eigenvalue weighted by Crippen LogP contribution is 2.32. The Labute approximate surface area is 145 Å². The molecule has 0 radical (unpaired) electrons. The number of furan rings is 2. The number of fused-ring (bicyclic) bond motifs is 6. The van der Waals surface area contributed by atoms with E-state index >= 15 is 0 Å². The Morgan fingerprint density at radius 1 is 0.692 bits per heavy atom. The van der Waals surface area contributed by atoms with Gasteiger partial charge in [-0.25, -0.2) is 19.9 Å². The predicted molar refractivity (Wildman–Crippen MR) is 95.4 cm³/mol. The van der Waals surface area contributed by atoms with E-state index in [0.717, 1.165) is 32.9 Å². The second-order valence-electron chi connectivity index (χ2n) is 5.94. The minimum absolute atomic E-state index is 0.534. The van der Waals surface area contributed by atoms with Gasteiger partial charge in [-0.05, 0) is 24.3 Å². The minimum atomic E-state index is 0.534. The van der Waals surface area contributed by atoms with E-state index in [4.69, 9.17) is 8.83 Å². The van der Waals surface area contributed by atoms with Crippen LogP contribution in [0.4, 0.5) is 0 Å². The quantitative estimate of drug-likeness (QED) is 0.445. The van der Waals surface area contributed by atoms with Crippen LogP contribution in [0.1, 0.15) is 0 Å². The molecular weight excluding hydrogens is 330 g/mol. The Morgan fingerprint density at radius 2 is 1.50 bits per heavy atom. The van der Waals surface area contributed by atoms with Crippen molar-refractivity contribution in [1.29, 1.82) is 0 Å². The fraction of sp³-hybridized carbons (Fsp3) is 0. The number of pyridine rings is 3. The molecule has 0 saturated heterocycles. The summed E-state index contributed by atoms with van der Waals surface area (Å²) in [6, 6.07) is 7.76. The molecule has 0 saturated carbocycles. The van der Waals surface area contributed by atoms with Gasteiger partial charge in [0, 0.05) is 29.7 Å². The predicted octanol–water partition coefficient (Wildman–Crippen LogP) is 4.13. The Hall–Kier alpha value is -3.87. The standard InChI is InChI=1S/C19H9N5O2/c1-2-12-16-14(25-18(12)21-3-1)5-11(6-22-16)10-4-13-17-15(8-20-9-24-17)26-19(13)23-7-10/h1-9H. The average molecular weight is 339 g/mol. The number of nitrogens with zero attached hydrogens (tertiary/aromatic N) is 5. The number of hydrogen-bond acceptors (Lipinski definition) is 7. The third kappa shape index (κ3) is 1.79. The van der Waals surface area contributed by atoms with E-state index in [2.05, 4.69) is 24.9 Å². The van der Waals surface area contributed by atoms with E-state index in [1.165, 1.54) is 6.33 Å². The summed E-state index contributed by atoms with van der Waals surface area (Å²) in [4.78, 5) is 21.5. The van der Waals surface area contributed by atoms with Crippen LogP contribution in [0.15, 0.2) is 64.2 Å². The monoisotopic (exact) mass is 339 g/mol. The zero-order chi connectivity index (χ0) is 17.1. The first-order valence-electron chi connectivity index (χ1n) is 7.99. The van der Waals surface area contributed by atoms with Gasteiger partial charge in [0.2, 0.25) is 11.4 Å². The van der Waals surface area contributed by atoms with Gasteiger partial charge in [-0.15, -0.1) is 0 Å². The Morgan fingerprint density at radius 3 is 2.50 bits per heavy atom. The van der Waals surface area contributed by atoms with Gasteiger partial charge in [0.1, 0.15) is 17.4 Å². The van der Waals surface area contributed by atoms with Gasteiger partial charge in [0.25, 0.3) is 0 Å². The van der Waals surface area contributed by atoms with Crippen molar-refractivity contribution in [1.82, 2.24) is 24.9 Å². The Kier molecular flexibility index (Phi) is 2.49. The minimum Gasteiger partial charge on any atom is -0.436 e. The van der Waals surface area contributed by atoms with Crippen LogP contribution in [0.5, 0.6) is 0 Å². The van der Waals surface area contributed by atoms with Crippen LogP contribution in [0.3, 0.4) is 0 Å². The van der Waals surface area contributed by atoms with Gasteiger partial charge in [-0.3, -0.25) is 4.98 Å². The van der Waals surface area contributed by atoms with E-state index in [1.807, 2.05) is 30.5 Å². The summed E-state index contributed by atoms with van der Waals surface area (Å²) < 4.78 is 11.5. The van der Waals surface area contributed by atoms with Crippen molar-refractivity contribution in [3.05, 3.63) is 55.4 Å². The highest BCUT2D eigenvalue weighted by atomic mass is 16.3. The highest BCUT2D eigenvalue weighted by molar-refractivity contribution is 6.03. The van der Waals surface area contributed by atoms with Crippen molar-refractivity contribution >= 4 is 44.4 Å². The van der Waals surface area contributed by atoms with Gasteiger partial charge in [-0.1, -0.05) is 0 Å². The Balaban J connectivity index is 1.59. The molecular formula is C19H9N5O2. The van der Waals surface area contributed by atoms with Crippen LogP contribution < -0.4 is 0 Å². The van der Waals surface area contributed by atoms with Crippen molar-refractivity contribution in [2.24, 2.45) is 0 Å². The van der Waals surface area contributed by atoms with Crippen LogP contribution >= 0.6 is 0 Å². The van der Waals surface area contributed by atoms with Crippen molar-refractivity contribution in [2.75, 3.05) is 0 Å². The molecule has 6 aromatic rings. The molecule has 0 spiro atoms. The van der Waals surface area contributed by atoms with E-state index < -0.39 is 0 Å². The lowest BCUT2D eigenvalue weighted by molar-refractivity contribution is 0.651. The van der Waals surface area contributed by atoms with Gasteiger partial charge < -0.3 is 8.83 Å². The van der Waals surface area contributed by atoms with Gasteiger partial charge in [0.05, 0.1) is 17.0 Å². The van der Waals surface area contributed by atoms with Crippen LogP contribution in [-0.2, 0) is 0 Å². The first-order valence-corrected chi connectivity index (χ1v) is 7.99. The maximum atomic E-state index is 5.82. The highest BCUT2D eigenvalue weighted by Gasteiger charge is 2.13. The second kappa shape index (κ2) is 4.82. The van der Waals surface area contributed by atoms with Crippen molar-refractivity contribution in [3.8, 4) is 11.1 Å². The number of rotatable bonds is 1.